The summed E-state index contributed by atoms with van der Waals surface area (Å²) < 4.78 is 7.67. The number of aromatic amines is 1. The summed E-state index contributed by atoms with van der Waals surface area (Å²) in [7, 11) is 0. The molecule has 0 atom stereocenters. The smallest absolute Gasteiger partial charge is 0.265 e. The molecule has 29 heavy (non-hydrogen) atoms. The molecule has 0 saturated heterocycles. The molecule has 0 unspecified atom stereocenters. The number of benzene rings is 1. The van der Waals surface area contributed by atoms with Crippen molar-refractivity contribution in [2.45, 2.75) is 40.7 Å². The first-order valence-electron chi connectivity index (χ1n) is 9.68. The van der Waals surface area contributed by atoms with Gasteiger partial charge in [0.1, 0.15) is 22.0 Å². The second-order valence-corrected chi connectivity index (χ2v) is 7.73. The molecule has 7 nitrogen and oxygen atoms in total. The van der Waals surface area contributed by atoms with Crippen LogP contribution in [0, 0.1) is 13.8 Å². The standard InChI is InChI=1S/C21H23N5O2S/c1-5-9-28-16-8-7-14(20-22-12(3)11-29-20)10-15(16)19-23-18-17(13(4)24-25-18)21(27)26(19)6-2/h7-8,10-11H,5-6,9H2,1-4H3,(H,24,25). The highest BCUT2D eigenvalue weighted by Crippen LogP contribution is 2.35. The normalized spacial score (nSPS) is 11.3. The number of nitrogens with zero attached hydrogens (tertiary/aromatic N) is 4. The van der Waals surface area contributed by atoms with E-state index in [-0.39, 0.29) is 5.56 Å². The predicted molar refractivity (Wildman–Crippen MR) is 116 cm³/mol. The van der Waals surface area contributed by atoms with Gasteiger partial charge in [-0.25, -0.2) is 9.97 Å². The molecule has 0 amide bonds. The Kier molecular flexibility index (Phi) is 5.19. The average Bonchev–Trinajstić information content (AvgIpc) is 3.32. The third-order valence-corrected chi connectivity index (χ3v) is 5.73. The third-order valence-electron chi connectivity index (χ3n) is 4.72. The maximum Gasteiger partial charge on any atom is 0.265 e. The number of aromatic nitrogens is 5. The van der Waals surface area contributed by atoms with Gasteiger partial charge >= 0.3 is 0 Å². The van der Waals surface area contributed by atoms with Gasteiger partial charge in [0.2, 0.25) is 0 Å². The summed E-state index contributed by atoms with van der Waals surface area (Å²) in [5.41, 5.74) is 3.77. The monoisotopic (exact) mass is 409 g/mol. The number of hydrogen-bond donors (Lipinski definition) is 1. The molecule has 4 rings (SSSR count). The van der Waals surface area contributed by atoms with Crippen LogP contribution in [0.2, 0.25) is 0 Å². The van der Waals surface area contributed by atoms with Gasteiger partial charge in [0, 0.05) is 23.2 Å². The van der Waals surface area contributed by atoms with Crippen molar-refractivity contribution < 1.29 is 4.74 Å². The molecule has 150 valence electrons. The van der Waals surface area contributed by atoms with Crippen LogP contribution in [0.4, 0.5) is 0 Å². The Hall–Kier alpha value is -3.00. The molecular formula is C21H23N5O2S. The quantitative estimate of drug-likeness (QED) is 0.512. The molecule has 0 spiro atoms. The van der Waals surface area contributed by atoms with Crippen LogP contribution in [0.5, 0.6) is 5.75 Å². The summed E-state index contributed by atoms with van der Waals surface area (Å²) in [5, 5.41) is 10.5. The number of H-pyrrole nitrogens is 1. The number of rotatable bonds is 6. The van der Waals surface area contributed by atoms with Gasteiger partial charge < -0.3 is 4.74 Å². The van der Waals surface area contributed by atoms with Crippen LogP contribution < -0.4 is 10.3 Å². The van der Waals surface area contributed by atoms with Crippen molar-refractivity contribution in [3.8, 4) is 27.7 Å². The van der Waals surface area contributed by atoms with E-state index in [1.807, 2.05) is 44.4 Å². The lowest BCUT2D eigenvalue weighted by atomic mass is 10.1. The second-order valence-electron chi connectivity index (χ2n) is 6.87. The maximum absolute atomic E-state index is 13.1. The largest absolute Gasteiger partial charge is 0.493 e. The van der Waals surface area contributed by atoms with Crippen LogP contribution in [-0.2, 0) is 6.54 Å². The summed E-state index contributed by atoms with van der Waals surface area (Å²) >= 11 is 1.59. The van der Waals surface area contributed by atoms with Gasteiger partial charge in [-0.2, -0.15) is 5.10 Å². The van der Waals surface area contributed by atoms with Crippen LogP contribution in [0.25, 0.3) is 33.0 Å². The molecule has 3 aromatic heterocycles. The van der Waals surface area contributed by atoms with Crippen molar-refractivity contribution in [3.63, 3.8) is 0 Å². The number of nitrogens with one attached hydrogen (secondary N) is 1. The minimum absolute atomic E-state index is 0.101. The fourth-order valence-corrected chi connectivity index (χ4v) is 4.11. The number of aryl methyl sites for hydroxylation is 2. The lowest BCUT2D eigenvalue weighted by molar-refractivity contribution is 0.318. The van der Waals surface area contributed by atoms with Crippen molar-refractivity contribution in [2.24, 2.45) is 0 Å². The minimum atomic E-state index is -0.101. The predicted octanol–water partition coefficient (Wildman–Crippen LogP) is 4.34. The number of hydrogen-bond acceptors (Lipinski definition) is 6. The van der Waals surface area contributed by atoms with Crippen LogP contribution >= 0.6 is 11.3 Å². The molecule has 0 bridgehead atoms. The zero-order valence-corrected chi connectivity index (χ0v) is 17.8. The van der Waals surface area contributed by atoms with Crippen molar-refractivity contribution >= 4 is 22.4 Å². The topological polar surface area (TPSA) is 85.7 Å². The van der Waals surface area contributed by atoms with Gasteiger partial charge in [0.05, 0.1) is 17.9 Å². The number of thiazole rings is 1. The highest BCUT2D eigenvalue weighted by molar-refractivity contribution is 7.13. The molecule has 1 aromatic carbocycles. The molecule has 0 fully saturated rings. The molecule has 0 radical (unpaired) electrons. The molecule has 0 aliphatic rings. The van der Waals surface area contributed by atoms with Gasteiger partial charge in [-0.3, -0.25) is 14.5 Å². The van der Waals surface area contributed by atoms with Gasteiger partial charge in [0.15, 0.2) is 5.65 Å². The Morgan fingerprint density at radius 1 is 1.21 bits per heavy atom. The van der Waals surface area contributed by atoms with Crippen LogP contribution in [0.1, 0.15) is 31.7 Å². The van der Waals surface area contributed by atoms with E-state index in [0.29, 0.717) is 41.5 Å². The molecule has 8 heteroatoms. The van der Waals surface area contributed by atoms with E-state index in [1.165, 1.54) is 0 Å². The molecule has 3 heterocycles. The summed E-state index contributed by atoms with van der Waals surface area (Å²) in [4.78, 5) is 22.5. The Balaban J connectivity index is 1.97. The van der Waals surface area contributed by atoms with E-state index in [1.54, 1.807) is 15.9 Å². The Labute approximate surface area is 172 Å². The first kappa shape index (κ1) is 19.3. The van der Waals surface area contributed by atoms with Gasteiger partial charge in [-0.1, -0.05) is 6.92 Å². The SMILES string of the molecule is CCCOc1ccc(-c2nc(C)cs2)cc1-c1nc2[nH]nc(C)c2c(=O)n1CC. The van der Waals surface area contributed by atoms with E-state index in [0.717, 1.165) is 28.2 Å². The van der Waals surface area contributed by atoms with E-state index >= 15 is 0 Å². The van der Waals surface area contributed by atoms with Crippen molar-refractivity contribution in [1.29, 1.82) is 0 Å². The van der Waals surface area contributed by atoms with Crippen LogP contribution in [0.3, 0.4) is 0 Å². The van der Waals surface area contributed by atoms with E-state index in [2.05, 4.69) is 22.1 Å². The Morgan fingerprint density at radius 2 is 2.03 bits per heavy atom. The Morgan fingerprint density at radius 3 is 2.72 bits per heavy atom. The molecule has 4 aromatic rings. The zero-order chi connectivity index (χ0) is 20.5. The van der Waals surface area contributed by atoms with Gasteiger partial charge in [-0.05, 0) is 45.4 Å². The highest BCUT2D eigenvalue weighted by atomic mass is 32.1. The molecule has 1 N–H and O–H groups in total. The van der Waals surface area contributed by atoms with Crippen molar-refractivity contribution in [2.75, 3.05) is 6.61 Å². The van der Waals surface area contributed by atoms with E-state index in [4.69, 9.17) is 9.72 Å². The zero-order valence-electron chi connectivity index (χ0n) is 16.9. The lowest BCUT2D eigenvalue weighted by Gasteiger charge is -2.15. The average molecular weight is 410 g/mol. The molecule has 0 aliphatic heterocycles. The lowest BCUT2D eigenvalue weighted by Crippen LogP contribution is -2.23. The number of fused-ring (bicyclic) bond motifs is 1. The highest BCUT2D eigenvalue weighted by Gasteiger charge is 2.19. The third kappa shape index (κ3) is 3.44. The van der Waals surface area contributed by atoms with Gasteiger partial charge in [-0.15, -0.1) is 11.3 Å². The van der Waals surface area contributed by atoms with Crippen LogP contribution in [0.15, 0.2) is 28.4 Å². The fourth-order valence-electron chi connectivity index (χ4n) is 3.32. The molecule has 0 saturated carbocycles. The Bertz CT molecular complexity index is 1240. The first-order chi connectivity index (χ1) is 14.0. The van der Waals surface area contributed by atoms with Crippen LogP contribution in [-0.4, -0.2) is 31.3 Å². The first-order valence-corrected chi connectivity index (χ1v) is 10.6. The van der Waals surface area contributed by atoms with Gasteiger partial charge in [0.25, 0.3) is 5.56 Å². The number of ether oxygens (including phenoxy) is 1. The summed E-state index contributed by atoms with van der Waals surface area (Å²) in [6.45, 7) is 8.87. The fraction of sp³-hybridized carbons (Fsp3) is 0.333. The minimum Gasteiger partial charge on any atom is -0.493 e. The van der Waals surface area contributed by atoms with E-state index < -0.39 is 0 Å². The molecule has 0 aliphatic carbocycles. The summed E-state index contributed by atoms with van der Waals surface area (Å²) in [5.74, 6) is 1.27. The second kappa shape index (κ2) is 7.79. The van der Waals surface area contributed by atoms with E-state index in [9.17, 15) is 4.79 Å². The van der Waals surface area contributed by atoms with Crippen molar-refractivity contribution in [1.82, 2.24) is 24.7 Å². The summed E-state index contributed by atoms with van der Waals surface area (Å²) in [6.07, 6.45) is 0.889. The summed E-state index contributed by atoms with van der Waals surface area (Å²) in [6, 6.07) is 5.94. The molecular weight excluding hydrogens is 386 g/mol. The van der Waals surface area contributed by atoms with Crippen molar-refractivity contribution in [3.05, 3.63) is 45.3 Å². The maximum atomic E-state index is 13.1.